The second-order valence-corrected chi connectivity index (χ2v) is 10.2. The largest absolute Gasteiger partial charge is 0.425 e. The van der Waals surface area contributed by atoms with E-state index in [1.165, 1.54) is 16.4 Å². The van der Waals surface area contributed by atoms with E-state index in [2.05, 4.69) is 10.2 Å². The molecule has 1 aromatic heterocycles. The van der Waals surface area contributed by atoms with Crippen LogP contribution in [0.2, 0.25) is 0 Å². The lowest BCUT2D eigenvalue weighted by Gasteiger charge is -2.31. The third-order valence-corrected chi connectivity index (χ3v) is 7.65. The van der Waals surface area contributed by atoms with E-state index in [1.807, 2.05) is 0 Å². The number of hydrogen-bond donors (Lipinski definition) is 0. The van der Waals surface area contributed by atoms with E-state index in [-0.39, 0.29) is 55.2 Å². The van der Waals surface area contributed by atoms with E-state index >= 15 is 0 Å². The minimum Gasteiger partial charge on any atom is -0.425 e. The average Bonchev–Trinajstić information content (AvgIpc) is 3.24. The molecule has 1 unspecified atom stereocenters. The van der Waals surface area contributed by atoms with Crippen molar-refractivity contribution in [2.24, 2.45) is 0 Å². The predicted molar refractivity (Wildman–Crippen MR) is 111 cm³/mol. The Morgan fingerprint density at radius 3 is 2.50 bits per heavy atom. The summed E-state index contributed by atoms with van der Waals surface area (Å²) in [5.74, 6) is -0.711. The number of likely N-dealkylation sites (tertiary alicyclic amines) is 1. The monoisotopic (exact) mass is 464 g/mol. The summed E-state index contributed by atoms with van der Waals surface area (Å²) in [5.41, 5.74) is 0.830. The molecule has 11 heteroatoms. The van der Waals surface area contributed by atoms with Crippen LogP contribution in [0.25, 0.3) is 0 Å². The first-order valence-corrected chi connectivity index (χ1v) is 12.3. The Morgan fingerprint density at radius 1 is 1.06 bits per heavy atom. The quantitative estimate of drug-likeness (QED) is 0.575. The number of hydrogen-bond acceptors (Lipinski definition) is 7. The van der Waals surface area contributed by atoms with Gasteiger partial charge in [0.25, 0.3) is 0 Å². The first kappa shape index (κ1) is 22.5. The molecule has 2 fully saturated rings. The summed E-state index contributed by atoms with van der Waals surface area (Å²) in [4.78, 5) is 24.9. The van der Waals surface area contributed by atoms with Gasteiger partial charge in [0.2, 0.25) is 33.6 Å². The number of rotatable bonds is 7. The number of halogens is 1. The van der Waals surface area contributed by atoms with E-state index in [0.717, 1.165) is 10.5 Å². The van der Waals surface area contributed by atoms with E-state index < -0.39 is 10.0 Å². The normalized spacial score (nSPS) is 20.7. The van der Waals surface area contributed by atoms with Crippen LogP contribution in [-0.2, 0) is 26.0 Å². The van der Waals surface area contributed by atoms with Gasteiger partial charge >= 0.3 is 0 Å². The molecule has 2 amide bonds. The van der Waals surface area contributed by atoms with Crippen LogP contribution in [0.4, 0.5) is 4.39 Å². The molecule has 0 spiro atoms. The molecule has 1 atom stereocenters. The minimum atomic E-state index is -3.65. The van der Waals surface area contributed by atoms with Gasteiger partial charge < -0.3 is 4.42 Å². The molecule has 2 aromatic rings. The van der Waals surface area contributed by atoms with Gasteiger partial charge in [-0.15, -0.1) is 10.2 Å². The number of benzene rings is 1. The Labute approximate surface area is 185 Å². The zero-order valence-electron chi connectivity index (χ0n) is 17.6. The van der Waals surface area contributed by atoms with Crippen LogP contribution in [0.15, 0.2) is 28.7 Å². The van der Waals surface area contributed by atoms with Gasteiger partial charge in [-0.05, 0) is 37.0 Å². The Balaban J connectivity index is 1.37. The van der Waals surface area contributed by atoms with Crippen molar-refractivity contribution in [3.63, 3.8) is 0 Å². The summed E-state index contributed by atoms with van der Waals surface area (Å²) in [6.45, 7) is 0.462. The first-order chi connectivity index (χ1) is 15.3. The smallest absolute Gasteiger partial charge is 0.229 e. The van der Waals surface area contributed by atoms with E-state index in [9.17, 15) is 22.4 Å². The van der Waals surface area contributed by atoms with Crippen LogP contribution in [0.1, 0.15) is 55.4 Å². The Bertz CT molecular complexity index is 1070. The molecule has 1 aromatic carbocycles. The van der Waals surface area contributed by atoms with Gasteiger partial charge in [0.15, 0.2) is 0 Å². The highest BCUT2D eigenvalue weighted by molar-refractivity contribution is 7.89. The predicted octanol–water partition coefficient (Wildman–Crippen LogP) is 1.85. The number of carbonyl (C=O) groups excluding carboxylic acids is 2. The lowest BCUT2D eigenvalue weighted by Crippen LogP contribution is -2.46. The molecular formula is C21H25FN4O5S. The second kappa shape index (κ2) is 9.45. The molecule has 3 heterocycles. The molecule has 0 radical (unpaired) electrons. The standard InChI is InChI=1S/C21H25FN4O5S/c22-17-8-6-15(7-9-17)13-18-23-24-21(31-18)16-3-2-10-25(14-16)32(29,30)12-11-26-19(27)4-1-5-20(26)28/h6-9,16H,1-5,10-14H2. The zero-order valence-corrected chi connectivity index (χ0v) is 18.4. The average molecular weight is 465 g/mol. The third-order valence-electron chi connectivity index (χ3n) is 5.83. The number of aromatic nitrogens is 2. The highest BCUT2D eigenvalue weighted by Gasteiger charge is 2.34. The number of imide groups is 1. The summed E-state index contributed by atoms with van der Waals surface area (Å²) in [7, 11) is -3.65. The summed E-state index contributed by atoms with van der Waals surface area (Å²) in [6, 6.07) is 6.01. The fourth-order valence-corrected chi connectivity index (χ4v) is 5.55. The lowest BCUT2D eigenvalue weighted by molar-refractivity contribution is -0.147. The van der Waals surface area contributed by atoms with Crippen molar-refractivity contribution >= 4 is 21.8 Å². The molecule has 0 saturated carbocycles. The van der Waals surface area contributed by atoms with Crippen molar-refractivity contribution in [1.82, 2.24) is 19.4 Å². The zero-order chi connectivity index (χ0) is 22.7. The molecule has 2 aliphatic heterocycles. The summed E-state index contributed by atoms with van der Waals surface area (Å²) < 4.78 is 46.0. The van der Waals surface area contributed by atoms with Crippen molar-refractivity contribution < 1.29 is 26.8 Å². The molecule has 4 rings (SSSR count). The Morgan fingerprint density at radius 2 is 1.78 bits per heavy atom. The number of piperidine rings is 2. The topological polar surface area (TPSA) is 114 Å². The van der Waals surface area contributed by atoms with Crippen LogP contribution in [-0.4, -0.2) is 65.0 Å². The van der Waals surface area contributed by atoms with Crippen molar-refractivity contribution in [1.29, 1.82) is 0 Å². The summed E-state index contributed by atoms with van der Waals surface area (Å²) in [6.07, 6.45) is 2.78. The maximum atomic E-state index is 13.1. The van der Waals surface area contributed by atoms with Gasteiger partial charge in [0, 0.05) is 32.5 Å². The Hall–Kier alpha value is -2.66. The van der Waals surface area contributed by atoms with Crippen molar-refractivity contribution in [3.8, 4) is 0 Å². The number of sulfonamides is 1. The molecule has 32 heavy (non-hydrogen) atoms. The molecule has 0 N–H and O–H groups in total. The number of nitrogens with zero attached hydrogens (tertiary/aromatic N) is 4. The van der Waals surface area contributed by atoms with Crippen molar-refractivity contribution in [2.45, 2.75) is 44.4 Å². The van der Waals surface area contributed by atoms with Crippen LogP contribution >= 0.6 is 0 Å². The van der Waals surface area contributed by atoms with Gasteiger partial charge in [-0.3, -0.25) is 14.5 Å². The van der Waals surface area contributed by atoms with E-state index in [1.54, 1.807) is 12.1 Å². The van der Waals surface area contributed by atoms with E-state index in [0.29, 0.717) is 44.0 Å². The van der Waals surface area contributed by atoms with Crippen LogP contribution in [0.5, 0.6) is 0 Å². The minimum absolute atomic E-state index is 0.121. The molecule has 0 bridgehead atoms. The molecule has 9 nitrogen and oxygen atoms in total. The van der Waals surface area contributed by atoms with Crippen molar-refractivity contribution in [3.05, 3.63) is 47.4 Å². The maximum Gasteiger partial charge on any atom is 0.229 e. The lowest BCUT2D eigenvalue weighted by atomic mass is 10.00. The molecular weight excluding hydrogens is 439 g/mol. The SMILES string of the molecule is O=C1CCCC(=O)N1CCS(=O)(=O)N1CCCC(c2nnc(Cc3ccc(F)cc3)o2)C1. The summed E-state index contributed by atoms with van der Waals surface area (Å²) >= 11 is 0. The van der Waals surface area contributed by atoms with E-state index in [4.69, 9.17) is 4.42 Å². The van der Waals surface area contributed by atoms with Crippen LogP contribution in [0, 0.1) is 5.82 Å². The van der Waals surface area contributed by atoms with Gasteiger partial charge in [-0.2, -0.15) is 0 Å². The molecule has 0 aliphatic carbocycles. The molecule has 2 saturated heterocycles. The van der Waals surface area contributed by atoms with Gasteiger partial charge in [0.1, 0.15) is 5.82 Å². The fourth-order valence-electron chi connectivity index (χ4n) is 4.06. The van der Waals surface area contributed by atoms with Gasteiger partial charge in [-0.25, -0.2) is 17.1 Å². The van der Waals surface area contributed by atoms with Crippen LogP contribution < -0.4 is 0 Å². The number of carbonyl (C=O) groups is 2. The number of amides is 2. The molecule has 2 aliphatic rings. The third kappa shape index (κ3) is 5.21. The first-order valence-electron chi connectivity index (χ1n) is 10.7. The summed E-state index contributed by atoms with van der Waals surface area (Å²) in [5, 5.41) is 8.15. The van der Waals surface area contributed by atoms with Crippen molar-refractivity contribution in [2.75, 3.05) is 25.4 Å². The van der Waals surface area contributed by atoms with Gasteiger partial charge in [-0.1, -0.05) is 12.1 Å². The maximum absolute atomic E-state index is 13.1. The highest BCUT2D eigenvalue weighted by atomic mass is 32.2. The van der Waals surface area contributed by atoms with Gasteiger partial charge in [0.05, 0.1) is 18.1 Å². The molecule has 172 valence electrons. The second-order valence-electron chi connectivity index (χ2n) is 8.14. The Kier molecular flexibility index (Phi) is 6.66. The highest BCUT2D eigenvalue weighted by Crippen LogP contribution is 2.28. The fraction of sp³-hybridized carbons (Fsp3) is 0.524. The van der Waals surface area contributed by atoms with Crippen LogP contribution in [0.3, 0.4) is 0 Å².